The fourth-order valence-electron chi connectivity index (χ4n) is 2.74. The lowest BCUT2D eigenvalue weighted by molar-refractivity contribution is 0.117. The molecule has 120 valence electrons. The van der Waals surface area contributed by atoms with E-state index in [4.69, 9.17) is 0 Å². The van der Waals surface area contributed by atoms with Crippen molar-refractivity contribution >= 4 is 0 Å². The van der Waals surface area contributed by atoms with Crippen molar-refractivity contribution in [1.29, 1.82) is 0 Å². The van der Waals surface area contributed by atoms with Crippen LogP contribution in [0.5, 0.6) is 0 Å². The van der Waals surface area contributed by atoms with Crippen LogP contribution >= 0.6 is 0 Å². The third kappa shape index (κ3) is 5.77. The molecule has 0 aliphatic rings. The fraction of sp³-hybridized carbons (Fsp3) is 0.667. The van der Waals surface area contributed by atoms with Crippen LogP contribution in [0.15, 0.2) is 30.3 Å². The number of nitrogens with zero attached hydrogens (tertiary/aromatic N) is 1. The van der Waals surface area contributed by atoms with Crippen LogP contribution in [0, 0.1) is 0 Å². The molecule has 2 N–H and O–H groups in total. The summed E-state index contributed by atoms with van der Waals surface area (Å²) in [6, 6.07) is 10.3. The summed E-state index contributed by atoms with van der Waals surface area (Å²) in [6.45, 7) is 7.33. The zero-order valence-corrected chi connectivity index (χ0v) is 13.9. The Morgan fingerprint density at radius 2 is 1.81 bits per heavy atom. The number of benzene rings is 1. The van der Waals surface area contributed by atoms with Crippen LogP contribution in [-0.2, 0) is 5.54 Å². The lowest BCUT2D eigenvalue weighted by Gasteiger charge is -2.37. The smallest absolute Gasteiger partial charge is 0.0797 e. The van der Waals surface area contributed by atoms with Gasteiger partial charge in [-0.05, 0) is 38.5 Å². The molecule has 1 unspecified atom stereocenters. The van der Waals surface area contributed by atoms with Crippen LogP contribution in [0.3, 0.4) is 0 Å². The van der Waals surface area contributed by atoms with Gasteiger partial charge in [0.25, 0.3) is 0 Å². The molecule has 1 rings (SSSR count). The minimum atomic E-state index is -0.363. The van der Waals surface area contributed by atoms with Crippen molar-refractivity contribution in [2.75, 3.05) is 33.3 Å². The SMILES string of the molecule is CCCCCN(C)CC(CO)(NCCC)c1ccccc1. The second-order valence-corrected chi connectivity index (χ2v) is 5.98. The monoisotopic (exact) mass is 292 g/mol. The van der Waals surface area contributed by atoms with Gasteiger partial charge in [-0.25, -0.2) is 0 Å². The zero-order valence-electron chi connectivity index (χ0n) is 13.9. The van der Waals surface area contributed by atoms with Crippen molar-refractivity contribution in [1.82, 2.24) is 10.2 Å². The highest BCUT2D eigenvalue weighted by Gasteiger charge is 2.31. The van der Waals surface area contributed by atoms with E-state index in [1.807, 2.05) is 18.2 Å². The van der Waals surface area contributed by atoms with Gasteiger partial charge in [0.1, 0.15) is 0 Å². The zero-order chi connectivity index (χ0) is 15.6. The number of likely N-dealkylation sites (N-methyl/N-ethyl adjacent to an activating group) is 1. The first-order valence-corrected chi connectivity index (χ1v) is 8.28. The maximum absolute atomic E-state index is 10.1. The van der Waals surface area contributed by atoms with E-state index in [-0.39, 0.29) is 12.1 Å². The van der Waals surface area contributed by atoms with Crippen LogP contribution in [0.4, 0.5) is 0 Å². The van der Waals surface area contributed by atoms with Crippen LogP contribution in [0.1, 0.15) is 45.1 Å². The van der Waals surface area contributed by atoms with Crippen LogP contribution in [-0.4, -0.2) is 43.3 Å². The molecular formula is C18H32N2O. The predicted octanol–water partition coefficient (Wildman–Crippen LogP) is 3.00. The quantitative estimate of drug-likeness (QED) is 0.616. The molecule has 0 bridgehead atoms. The molecular weight excluding hydrogens is 260 g/mol. The van der Waals surface area contributed by atoms with Gasteiger partial charge in [-0.15, -0.1) is 0 Å². The predicted molar refractivity (Wildman–Crippen MR) is 90.5 cm³/mol. The Labute approximate surface area is 130 Å². The second kappa shape index (κ2) is 9.93. The molecule has 3 heteroatoms. The first-order valence-electron chi connectivity index (χ1n) is 8.28. The van der Waals surface area contributed by atoms with Crippen molar-refractivity contribution in [3.63, 3.8) is 0 Å². The van der Waals surface area contributed by atoms with Crippen LogP contribution < -0.4 is 5.32 Å². The third-order valence-electron chi connectivity index (χ3n) is 3.99. The number of unbranched alkanes of at least 4 members (excludes halogenated alkanes) is 2. The van der Waals surface area contributed by atoms with Gasteiger partial charge in [-0.2, -0.15) is 0 Å². The van der Waals surface area contributed by atoms with Crippen molar-refractivity contribution in [2.24, 2.45) is 0 Å². The van der Waals surface area contributed by atoms with Gasteiger partial charge in [0.15, 0.2) is 0 Å². The average molecular weight is 292 g/mol. The minimum Gasteiger partial charge on any atom is -0.394 e. The molecule has 3 nitrogen and oxygen atoms in total. The van der Waals surface area contributed by atoms with E-state index < -0.39 is 0 Å². The first kappa shape index (κ1) is 18.1. The molecule has 1 atom stereocenters. The maximum atomic E-state index is 10.1. The van der Waals surface area contributed by atoms with Crippen LogP contribution in [0.25, 0.3) is 0 Å². The highest BCUT2D eigenvalue weighted by atomic mass is 16.3. The molecule has 0 amide bonds. The van der Waals surface area contributed by atoms with E-state index >= 15 is 0 Å². The topological polar surface area (TPSA) is 35.5 Å². The van der Waals surface area contributed by atoms with E-state index in [1.165, 1.54) is 24.8 Å². The molecule has 0 aromatic heterocycles. The summed E-state index contributed by atoms with van der Waals surface area (Å²) < 4.78 is 0. The van der Waals surface area contributed by atoms with E-state index in [2.05, 4.69) is 43.2 Å². The largest absolute Gasteiger partial charge is 0.394 e. The van der Waals surface area contributed by atoms with Gasteiger partial charge in [0.2, 0.25) is 0 Å². The molecule has 0 heterocycles. The van der Waals surface area contributed by atoms with Gasteiger partial charge in [-0.1, -0.05) is 57.0 Å². The highest BCUT2D eigenvalue weighted by Crippen LogP contribution is 2.22. The normalized spacial score (nSPS) is 14.3. The lowest BCUT2D eigenvalue weighted by Crippen LogP contribution is -2.53. The number of aliphatic hydroxyl groups excluding tert-OH is 1. The van der Waals surface area contributed by atoms with Crippen molar-refractivity contribution in [3.05, 3.63) is 35.9 Å². The summed E-state index contributed by atoms with van der Waals surface area (Å²) in [7, 11) is 2.15. The third-order valence-corrected chi connectivity index (χ3v) is 3.99. The Balaban J connectivity index is 2.80. The van der Waals surface area contributed by atoms with Crippen molar-refractivity contribution < 1.29 is 5.11 Å². The van der Waals surface area contributed by atoms with E-state index in [0.717, 1.165) is 26.1 Å². The summed E-state index contributed by atoms with van der Waals surface area (Å²) in [4.78, 5) is 2.33. The van der Waals surface area contributed by atoms with Crippen molar-refractivity contribution in [3.8, 4) is 0 Å². The number of rotatable bonds is 11. The molecule has 0 fully saturated rings. The molecule has 0 radical (unpaired) electrons. The van der Waals surface area contributed by atoms with Gasteiger partial charge in [-0.3, -0.25) is 0 Å². The number of hydrogen-bond acceptors (Lipinski definition) is 3. The van der Waals surface area contributed by atoms with Crippen molar-refractivity contribution in [2.45, 2.75) is 45.1 Å². The van der Waals surface area contributed by atoms with Gasteiger partial charge >= 0.3 is 0 Å². The lowest BCUT2D eigenvalue weighted by atomic mass is 9.89. The Kier molecular flexibility index (Phi) is 8.58. The number of nitrogens with one attached hydrogen (secondary N) is 1. The molecule has 0 saturated heterocycles. The Hall–Kier alpha value is -0.900. The minimum absolute atomic E-state index is 0.120. The standard InChI is InChI=1S/C18H32N2O/c1-4-6-10-14-20(3)15-18(16-21,19-13-5-2)17-11-8-7-9-12-17/h7-9,11-12,19,21H,4-6,10,13-16H2,1-3H3. The Morgan fingerprint density at radius 3 is 2.38 bits per heavy atom. The Morgan fingerprint density at radius 1 is 1.10 bits per heavy atom. The van der Waals surface area contributed by atoms with Gasteiger partial charge in [0.05, 0.1) is 12.1 Å². The summed E-state index contributed by atoms with van der Waals surface area (Å²) in [5.74, 6) is 0. The van der Waals surface area contributed by atoms with Gasteiger partial charge < -0.3 is 15.3 Å². The molecule has 21 heavy (non-hydrogen) atoms. The highest BCUT2D eigenvalue weighted by molar-refractivity contribution is 5.25. The molecule has 0 aliphatic heterocycles. The van der Waals surface area contributed by atoms with E-state index in [0.29, 0.717) is 0 Å². The summed E-state index contributed by atoms with van der Waals surface area (Å²) in [5, 5.41) is 13.7. The molecule has 1 aromatic rings. The summed E-state index contributed by atoms with van der Waals surface area (Å²) >= 11 is 0. The van der Waals surface area contributed by atoms with E-state index in [1.54, 1.807) is 0 Å². The summed E-state index contributed by atoms with van der Waals surface area (Å²) in [6.07, 6.45) is 4.79. The fourth-order valence-corrected chi connectivity index (χ4v) is 2.74. The summed E-state index contributed by atoms with van der Waals surface area (Å²) in [5.41, 5.74) is 0.807. The average Bonchev–Trinajstić information content (AvgIpc) is 2.52. The second-order valence-electron chi connectivity index (χ2n) is 5.98. The Bertz CT molecular complexity index is 369. The first-order chi connectivity index (χ1) is 10.2. The van der Waals surface area contributed by atoms with Gasteiger partial charge in [0, 0.05) is 6.54 Å². The molecule has 1 aromatic carbocycles. The molecule has 0 aliphatic carbocycles. The molecule has 0 saturated carbocycles. The number of aliphatic hydroxyl groups is 1. The van der Waals surface area contributed by atoms with Crippen LogP contribution in [0.2, 0.25) is 0 Å². The number of hydrogen-bond donors (Lipinski definition) is 2. The van der Waals surface area contributed by atoms with E-state index in [9.17, 15) is 5.11 Å². The molecule has 0 spiro atoms. The maximum Gasteiger partial charge on any atom is 0.0797 e.